The van der Waals surface area contributed by atoms with Crippen molar-refractivity contribution in [1.29, 1.82) is 0 Å². The highest BCUT2D eigenvalue weighted by Gasteiger charge is 2.44. The van der Waals surface area contributed by atoms with E-state index in [4.69, 9.17) is 22.9 Å². The average Bonchev–Trinajstić information content (AvgIpc) is 2.41. The van der Waals surface area contributed by atoms with Gasteiger partial charge in [-0.15, -0.1) is 0 Å². The highest BCUT2D eigenvalue weighted by molar-refractivity contribution is 7.22. The molecule has 2 unspecified atom stereocenters. The molecule has 0 aromatic carbocycles. The van der Waals surface area contributed by atoms with E-state index in [2.05, 4.69) is 77.4 Å². The van der Waals surface area contributed by atoms with Gasteiger partial charge in [0, 0.05) is 16.1 Å². The molecule has 0 amide bonds. The van der Waals surface area contributed by atoms with Gasteiger partial charge in [-0.05, 0) is 24.7 Å². The van der Waals surface area contributed by atoms with Crippen molar-refractivity contribution in [3.8, 4) is 0 Å². The zero-order valence-electron chi connectivity index (χ0n) is 16.4. The van der Waals surface area contributed by atoms with Gasteiger partial charge in [0.05, 0.1) is 0 Å². The van der Waals surface area contributed by atoms with E-state index < -0.39 is 16.1 Å². The summed E-state index contributed by atoms with van der Waals surface area (Å²) < 4.78 is 0. The van der Waals surface area contributed by atoms with Crippen LogP contribution in [-0.2, 0) is 0 Å². The van der Waals surface area contributed by atoms with Crippen LogP contribution in [0.25, 0.3) is 0 Å². The molecule has 0 aromatic rings. The maximum Gasteiger partial charge on any atom is 0.286 e. The third kappa shape index (κ3) is 4.25. The van der Waals surface area contributed by atoms with Crippen LogP contribution in [-0.4, -0.2) is 28.4 Å². The highest BCUT2D eigenvalue weighted by atomic mass is 35.5. The fourth-order valence-corrected chi connectivity index (χ4v) is 10.2. The van der Waals surface area contributed by atoms with E-state index in [-0.39, 0.29) is 12.3 Å². The number of allylic oxidation sites excluding steroid dienone is 8. The van der Waals surface area contributed by atoms with Gasteiger partial charge in [-0.3, -0.25) is 0 Å². The molecule has 2 heterocycles. The van der Waals surface area contributed by atoms with Gasteiger partial charge in [-0.2, -0.15) is 22.9 Å². The lowest BCUT2D eigenvalue weighted by molar-refractivity contribution is 1.27. The molecule has 2 aliphatic rings. The van der Waals surface area contributed by atoms with Crippen LogP contribution in [0.4, 0.5) is 0 Å². The van der Waals surface area contributed by atoms with Crippen LogP contribution in [0, 0.1) is 0 Å². The van der Waals surface area contributed by atoms with Crippen LogP contribution in [0.3, 0.4) is 0 Å². The lowest BCUT2D eigenvalue weighted by Gasteiger charge is -2.38. The van der Waals surface area contributed by atoms with Gasteiger partial charge in [-0.25, -0.2) is 0 Å². The molecule has 0 aromatic heterocycles. The Balaban J connectivity index is 2.47. The lowest BCUT2D eigenvalue weighted by Crippen LogP contribution is -2.42. The molecule has 0 bridgehead atoms. The monoisotopic (exact) mass is 394 g/mol. The third-order valence-corrected chi connectivity index (χ3v) is 11.6. The van der Waals surface area contributed by atoms with E-state index in [0.717, 1.165) is 0 Å². The van der Waals surface area contributed by atoms with Gasteiger partial charge in [-0.1, -0.05) is 85.7 Å². The second-order valence-corrected chi connectivity index (χ2v) is 21.3. The molecule has 24 heavy (non-hydrogen) atoms. The van der Waals surface area contributed by atoms with E-state index in [1.807, 2.05) is 0 Å². The second-order valence-electron chi connectivity index (χ2n) is 9.61. The van der Waals surface area contributed by atoms with Crippen molar-refractivity contribution < 1.29 is 0 Å². The first-order valence-corrected chi connectivity index (χ1v) is 16.9. The third-order valence-electron chi connectivity index (χ3n) is 5.21. The van der Waals surface area contributed by atoms with Gasteiger partial charge in [0.15, 0.2) is 0 Å². The molecule has 0 saturated carbocycles. The molecule has 2 atom stereocenters. The molecule has 2 rings (SSSR count). The minimum Gasteiger partial charge on any atom is -0.188 e. The van der Waals surface area contributed by atoms with E-state index in [0.29, 0.717) is 10.9 Å². The summed E-state index contributed by atoms with van der Waals surface area (Å²) in [6, 6.07) is 0. The Kier molecular flexibility index (Phi) is 5.97. The van der Waals surface area contributed by atoms with Crippen LogP contribution in [0.15, 0.2) is 46.4 Å². The SMILES string of the molecule is CC1=CC([Si](C)(C)C)B(Cl)C(C2=CC(C)=CC([Si](C)(C)C)B2Cl)=C1. The van der Waals surface area contributed by atoms with Crippen molar-refractivity contribution in [1.82, 2.24) is 0 Å². The largest absolute Gasteiger partial charge is 0.286 e. The summed E-state index contributed by atoms with van der Waals surface area (Å²) >= 11 is 14.0. The number of hydrogen-bond donors (Lipinski definition) is 0. The van der Waals surface area contributed by atoms with Crippen LogP contribution >= 0.6 is 22.9 Å². The van der Waals surface area contributed by atoms with Crippen molar-refractivity contribution in [2.45, 2.75) is 64.0 Å². The molecule has 0 fully saturated rings. The van der Waals surface area contributed by atoms with Gasteiger partial charge < -0.3 is 0 Å². The second kappa shape index (κ2) is 7.02. The van der Waals surface area contributed by atoms with Crippen LogP contribution in [0.1, 0.15) is 13.8 Å². The first kappa shape index (κ1) is 20.4. The molecule has 130 valence electrons. The van der Waals surface area contributed by atoms with Gasteiger partial charge in [0.25, 0.3) is 12.3 Å². The fourth-order valence-electron chi connectivity index (χ4n) is 3.73. The Hall–Kier alpha value is 0.104. The van der Waals surface area contributed by atoms with Crippen LogP contribution in [0.2, 0.25) is 50.2 Å². The van der Waals surface area contributed by atoms with Crippen LogP contribution in [0.5, 0.6) is 0 Å². The Morgan fingerprint density at radius 3 is 1.25 bits per heavy atom. The molecule has 0 spiro atoms. The molecular formula is C18H30B2Cl2Si2. The normalized spacial score (nSPS) is 25.9. The topological polar surface area (TPSA) is 0 Å². The van der Waals surface area contributed by atoms with Crippen molar-refractivity contribution in [2.75, 3.05) is 0 Å². The van der Waals surface area contributed by atoms with E-state index in [1.54, 1.807) is 0 Å². The van der Waals surface area contributed by atoms with E-state index in [1.165, 1.54) is 22.1 Å². The highest BCUT2D eigenvalue weighted by Crippen LogP contribution is 2.44. The molecule has 0 N–H and O–H groups in total. The first-order chi connectivity index (χ1) is 10.8. The molecule has 0 radical (unpaired) electrons. The van der Waals surface area contributed by atoms with Crippen molar-refractivity contribution in [2.24, 2.45) is 0 Å². The van der Waals surface area contributed by atoms with Crippen molar-refractivity contribution in [3.63, 3.8) is 0 Å². The smallest absolute Gasteiger partial charge is 0.188 e. The summed E-state index contributed by atoms with van der Waals surface area (Å²) in [7, 11) is -2.77. The fraction of sp³-hybridized carbons (Fsp3) is 0.556. The first-order valence-electron chi connectivity index (χ1n) is 8.91. The Bertz CT molecular complexity index is 580. The summed E-state index contributed by atoms with van der Waals surface area (Å²) in [5.74, 6) is 0. The standard InChI is InChI=1S/C18H30B2Cl2Si2/c1-13-9-15(19(21)17(11-13)23(3,4)5)16-10-14(2)12-18(20(16)22)24(6,7)8/h9-12,17-18H,1-8H3. The lowest BCUT2D eigenvalue weighted by atomic mass is 9.47. The Morgan fingerprint density at radius 1 is 0.708 bits per heavy atom. The number of hydrogen-bond acceptors (Lipinski definition) is 0. The summed E-state index contributed by atoms with van der Waals surface area (Å²) in [4.78, 5) is 0. The van der Waals surface area contributed by atoms with Gasteiger partial charge >= 0.3 is 0 Å². The summed E-state index contributed by atoms with van der Waals surface area (Å²) in [5, 5.41) is 0. The average molecular weight is 395 g/mol. The van der Waals surface area contributed by atoms with E-state index >= 15 is 0 Å². The van der Waals surface area contributed by atoms with E-state index in [9.17, 15) is 0 Å². The molecular weight excluding hydrogens is 365 g/mol. The molecule has 2 aliphatic heterocycles. The quantitative estimate of drug-likeness (QED) is 0.462. The maximum atomic E-state index is 7.02. The molecule has 6 heteroatoms. The van der Waals surface area contributed by atoms with Crippen LogP contribution < -0.4 is 0 Å². The zero-order chi connectivity index (χ0) is 18.4. The van der Waals surface area contributed by atoms with Crippen molar-refractivity contribution in [3.05, 3.63) is 46.4 Å². The zero-order valence-corrected chi connectivity index (χ0v) is 19.9. The summed E-state index contributed by atoms with van der Waals surface area (Å²) in [6.07, 6.45) is 9.41. The number of halogens is 2. The molecule has 0 saturated heterocycles. The summed E-state index contributed by atoms with van der Waals surface area (Å²) in [5.41, 5.74) is 6.10. The molecule has 0 aliphatic carbocycles. The summed E-state index contributed by atoms with van der Waals surface area (Å²) in [6.45, 7) is 18.8. The predicted octanol–water partition coefficient (Wildman–Crippen LogP) is 6.79. The molecule has 0 nitrogen and oxygen atoms in total. The minimum atomic E-state index is -1.38. The van der Waals surface area contributed by atoms with Crippen molar-refractivity contribution >= 4 is 51.3 Å². The number of rotatable bonds is 3. The Morgan fingerprint density at radius 2 is 1.00 bits per heavy atom. The maximum absolute atomic E-state index is 7.02. The Labute approximate surface area is 161 Å². The predicted molar refractivity (Wildman–Crippen MR) is 121 cm³/mol. The minimum absolute atomic E-state index is 0.0426. The van der Waals surface area contributed by atoms with Gasteiger partial charge in [0.1, 0.15) is 0 Å². The van der Waals surface area contributed by atoms with Gasteiger partial charge in [0.2, 0.25) is 0 Å².